The minimum atomic E-state index is -0.404. The van der Waals surface area contributed by atoms with Crippen LogP contribution in [0.25, 0.3) is 0 Å². The van der Waals surface area contributed by atoms with Crippen LogP contribution in [-0.4, -0.2) is 35.6 Å². The Balaban J connectivity index is 2.89. The molecule has 16 heavy (non-hydrogen) atoms. The lowest BCUT2D eigenvalue weighted by atomic mass is 10.4. The molecule has 0 aliphatic carbocycles. The second kappa shape index (κ2) is 6.05. The van der Waals surface area contributed by atoms with Gasteiger partial charge in [-0.1, -0.05) is 0 Å². The Bertz CT molecular complexity index is 351. The number of ether oxygens (including phenoxy) is 1. The minimum absolute atomic E-state index is 0.304. The van der Waals surface area contributed by atoms with Crippen LogP contribution in [0.3, 0.4) is 0 Å². The average Bonchev–Trinajstić information content (AvgIpc) is 2.31. The zero-order valence-corrected chi connectivity index (χ0v) is 9.93. The summed E-state index contributed by atoms with van der Waals surface area (Å²) in [6.07, 6.45) is 1.58. The van der Waals surface area contributed by atoms with E-state index in [9.17, 15) is 4.79 Å². The molecule has 1 heterocycles. The van der Waals surface area contributed by atoms with Crippen molar-refractivity contribution in [3.63, 3.8) is 0 Å². The fraction of sp³-hybridized carbons (Fsp3) is 0.545. The highest BCUT2D eigenvalue weighted by atomic mass is 16.5. The maximum atomic E-state index is 11.5. The van der Waals surface area contributed by atoms with E-state index in [1.54, 1.807) is 19.2 Å². The Morgan fingerprint density at radius 1 is 1.38 bits per heavy atom. The maximum Gasteiger partial charge on any atom is 0.357 e. The molecule has 0 saturated carbocycles. The highest BCUT2D eigenvalue weighted by Crippen LogP contribution is 2.07. The first-order chi connectivity index (χ1) is 7.72. The number of anilines is 1. The summed E-state index contributed by atoms with van der Waals surface area (Å²) in [5.41, 5.74) is 0.304. The van der Waals surface area contributed by atoms with Crippen LogP contribution in [0.1, 0.15) is 31.3 Å². The predicted molar refractivity (Wildman–Crippen MR) is 61.5 cm³/mol. The summed E-state index contributed by atoms with van der Waals surface area (Å²) in [6.45, 7) is 7.77. The van der Waals surface area contributed by atoms with Crippen LogP contribution in [0, 0.1) is 0 Å². The summed E-state index contributed by atoms with van der Waals surface area (Å²) in [6, 6.07) is 1.56. The summed E-state index contributed by atoms with van der Waals surface area (Å²) in [5, 5.41) is 0. The van der Waals surface area contributed by atoms with Gasteiger partial charge in [0.2, 0.25) is 5.95 Å². The number of rotatable bonds is 5. The second-order valence-electron chi connectivity index (χ2n) is 3.13. The Morgan fingerprint density at radius 3 is 2.62 bits per heavy atom. The van der Waals surface area contributed by atoms with Gasteiger partial charge in [0.25, 0.3) is 0 Å². The third kappa shape index (κ3) is 2.92. The molecule has 0 amide bonds. The molecule has 88 valence electrons. The van der Waals surface area contributed by atoms with Crippen molar-refractivity contribution in [2.24, 2.45) is 0 Å². The van der Waals surface area contributed by atoms with Crippen LogP contribution in [0.2, 0.25) is 0 Å². The van der Waals surface area contributed by atoms with E-state index >= 15 is 0 Å². The van der Waals surface area contributed by atoms with Crippen molar-refractivity contribution in [2.45, 2.75) is 20.8 Å². The van der Waals surface area contributed by atoms with Gasteiger partial charge in [-0.15, -0.1) is 0 Å². The van der Waals surface area contributed by atoms with Crippen molar-refractivity contribution in [3.05, 3.63) is 18.0 Å². The van der Waals surface area contributed by atoms with Gasteiger partial charge in [-0.25, -0.2) is 14.8 Å². The van der Waals surface area contributed by atoms with Gasteiger partial charge in [-0.05, 0) is 26.8 Å². The first-order valence-electron chi connectivity index (χ1n) is 5.48. The van der Waals surface area contributed by atoms with E-state index in [0.717, 1.165) is 13.1 Å². The highest BCUT2D eigenvalue weighted by molar-refractivity contribution is 5.87. The van der Waals surface area contributed by atoms with Crippen LogP contribution in [0.4, 0.5) is 5.95 Å². The van der Waals surface area contributed by atoms with E-state index in [-0.39, 0.29) is 0 Å². The van der Waals surface area contributed by atoms with Gasteiger partial charge in [0.05, 0.1) is 6.61 Å². The largest absolute Gasteiger partial charge is 0.461 e. The van der Waals surface area contributed by atoms with Crippen LogP contribution in [0.15, 0.2) is 12.3 Å². The van der Waals surface area contributed by atoms with E-state index < -0.39 is 5.97 Å². The third-order valence-corrected chi connectivity index (χ3v) is 2.17. The monoisotopic (exact) mass is 223 g/mol. The molecule has 5 heteroatoms. The van der Waals surface area contributed by atoms with E-state index in [1.807, 2.05) is 18.7 Å². The summed E-state index contributed by atoms with van der Waals surface area (Å²) in [5.74, 6) is 0.161. The molecule has 0 bridgehead atoms. The standard InChI is InChI=1S/C11H17N3O2/c1-4-14(5-2)11-12-8-7-9(13-11)10(15)16-6-3/h7-8H,4-6H2,1-3H3. The quantitative estimate of drug-likeness (QED) is 0.708. The van der Waals surface area contributed by atoms with Gasteiger partial charge < -0.3 is 9.64 Å². The fourth-order valence-electron chi connectivity index (χ4n) is 1.33. The Kier molecular flexibility index (Phi) is 4.69. The fourth-order valence-corrected chi connectivity index (χ4v) is 1.33. The molecular weight excluding hydrogens is 206 g/mol. The molecule has 0 radical (unpaired) electrons. The highest BCUT2D eigenvalue weighted by Gasteiger charge is 2.11. The van der Waals surface area contributed by atoms with Gasteiger partial charge in [-0.2, -0.15) is 0 Å². The Morgan fingerprint density at radius 2 is 2.06 bits per heavy atom. The van der Waals surface area contributed by atoms with Gasteiger partial charge in [-0.3, -0.25) is 0 Å². The zero-order valence-electron chi connectivity index (χ0n) is 9.93. The second-order valence-corrected chi connectivity index (χ2v) is 3.13. The Hall–Kier alpha value is -1.65. The maximum absolute atomic E-state index is 11.5. The molecule has 1 aromatic heterocycles. The first-order valence-corrected chi connectivity index (χ1v) is 5.48. The molecule has 5 nitrogen and oxygen atoms in total. The Labute approximate surface area is 95.5 Å². The van der Waals surface area contributed by atoms with Crippen molar-refractivity contribution in [1.82, 2.24) is 9.97 Å². The van der Waals surface area contributed by atoms with E-state index in [2.05, 4.69) is 9.97 Å². The molecule has 1 rings (SSSR count). The van der Waals surface area contributed by atoms with Crippen molar-refractivity contribution in [3.8, 4) is 0 Å². The van der Waals surface area contributed by atoms with Gasteiger partial charge >= 0.3 is 5.97 Å². The molecule has 0 aliphatic heterocycles. The molecule has 0 atom stereocenters. The van der Waals surface area contributed by atoms with Crippen molar-refractivity contribution < 1.29 is 9.53 Å². The first kappa shape index (κ1) is 12.4. The number of hydrogen-bond acceptors (Lipinski definition) is 5. The molecular formula is C11H17N3O2. The third-order valence-electron chi connectivity index (χ3n) is 2.17. The molecule has 0 N–H and O–H groups in total. The molecule has 0 aromatic carbocycles. The lowest BCUT2D eigenvalue weighted by molar-refractivity contribution is 0.0519. The van der Waals surface area contributed by atoms with Crippen LogP contribution >= 0.6 is 0 Å². The van der Waals surface area contributed by atoms with Crippen molar-refractivity contribution in [1.29, 1.82) is 0 Å². The summed E-state index contributed by atoms with van der Waals surface area (Å²) >= 11 is 0. The van der Waals surface area contributed by atoms with Crippen LogP contribution in [0.5, 0.6) is 0 Å². The molecule has 0 fully saturated rings. The lowest BCUT2D eigenvalue weighted by Crippen LogP contribution is -2.25. The van der Waals surface area contributed by atoms with Crippen LogP contribution in [-0.2, 0) is 4.74 Å². The summed E-state index contributed by atoms with van der Waals surface area (Å²) < 4.78 is 4.88. The SMILES string of the molecule is CCOC(=O)c1ccnc(N(CC)CC)n1. The predicted octanol–water partition coefficient (Wildman–Crippen LogP) is 1.50. The zero-order chi connectivity index (χ0) is 12.0. The number of aromatic nitrogens is 2. The number of hydrogen-bond donors (Lipinski definition) is 0. The smallest absolute Gasteiger partial charge is 0.357 e. The van der Waals surface area contributed by atoms with E-state index in [1.165, 1.54) is 0 Å². The van der Waals surface area contributed by atoms with Crippen molar-refractivity contribution >= 4 is 11.9 Å². The molecule has 0 unspecified atom stereocenters. The van der Waals surface area contributed by atoms with E-state index in [0.29, 0.717) is 18.2 Å². The molecule has 0 spiro atoms. The normalized spacial score (nSPS) is 9.94. The lowest BCUT2D eigenvalue weighted by Gasteiger charge is -2.18. The molecule has 1 aromatic rings. The summed E-state index contributed by atoms with van der Waals surface area (Å²) in [4.78, 5) is 21.7. The number of nitrogens with zero attached hydrogens (tertiary/aromatic N) is 3. The van der Waals surface area contributed by atoms with Gasteiger partial charge in [0.1, 0.15) is 0 Å². The number of esters is 1. The van der Waals surface area contributed by atoms with Crippen LogP contribution < -0.4 is 4.90 Å². The number of carbonyl (C=O) groups excluding carboxylic acids is 1. The average molecular weight is 223 g/mol. The van der Waals surface area contributed by atoms with E-state index in [4.69, 9.17) is 4.74 Å². The van der Waals surface area contributed by atoms with Crippen molar-refractivity contribution in [2.75, 3.05) is 24.6 Å². The van der Waals surface area contributed by atoms with Gasteiger partial charge in [0, 0.05) is 19.3 Å². The van der Waals surface area contributed by atoms with Gasteiger partial charge in [0.15, 0.2) is 5.69 Å². The summed E-state index contributed by atoms with van der Waals surface area (Å²) in [7, 11) is 0. The number of carbonyl (C=O) groups is 1. The minimum Gasteiger partial charge on any atom is -0.461 e. The topological polar surface area (TPSA) is 55.3 Å². The molecule has 0 aliphatic rings. The molecule has 0 saturated heterocycles.